The van der Waals surface area contributed by atoms with Gasteiger partial charge in [0, 0.05) is 5.39 Å². The summed E-state index contributed by atoms with van der Waals surface area (Å²) >= 11 is 0. The average Bonchev–Trinajstić information content (AvgIpc) is 2.74. The van der Waals surface area contributed by atoms with Gasteiger partial charge in [-0.25, -0.2) is 8.78 Å². The number of halogens is 2. The highest BCUT2D eigenvalue weighted by Gasteiger charge is 2.21. The molecule has 0 saturated heterocycles. The third-order valence-corrected chi connectivity index (χ3v) is 6.28. The molecule has 1 aliphatic carbocycles. The summed E-state index contributed by atoms with van der Waals surface area (Å²) in [6.07, 6.45) is 6.43. The van der Waals surface area contributed by atoms with Crippen LogP contribution in [-0.2, 0) is 0 Å². The van der Waals surface area contributed by atoms with E-state index in [0.717, 1.165) is 17.0 Å². The second-order valence-electron chi connectivity index (χ2n) is 7.84. The molecule has 0 spiro atoms. The van der Waals surface area contributed by atoms with E-state index in [9.17, 15) is 8.78 Å². The lowest BCUT2D eigenvalue weighted by Crippen LogP contribution is -2.12. The minimum atomic E-state index is -0.817. The third kappa shape index (κ3) is 3.40. The van der Waals surface area contributed by atoms with Gasteiger partial charge in [-0.1, -0.05) is 49.7 Å². The van der Waals surface area contributed by atoms with E-state index >= 15 is 0 Å². The van der Waals surface area contributed by atoms with Crippen molar-refractivity contribution in [2.24, 2.45) is 5.92 Å². The molecule has 3 heteroatoms. The lowest BCUT2D eigenvalue weighted by Gasteiger charge is -2.28. The number of benzene rings is 3. The van der Waals surface area contributed by atoms with Crippen molar-refractivity contribution in [2.45, 2.75) is 44.9 Å². The van der Waals surface area contributed by atoms with E-state index in [2.05, 4.69) is 31.2 Å². The fraction of sp³-hybridized carbons (Fsp3) is 0.320. The van der Waals surface area contributed by atoms with Gasteiger partial charge in [-0.2, -0.15) is 5.26 Å². The molecule has 1 saturated carbocycles. The van der Waals surface area contributed by atoms with Crippen LogP contribution in [0.1, 0.15) is 56.1 Å². The van der Waals surface area contributed by atoms with E-state index in [1.807, 2.05) is 6.07 Å². The van der Waals surface area contributed by atoms with Crippen molar-refractivity contribution in [2.75, 3.05) is 0 Å². The molecule has 1 fully saturated rings. The van der Waals surface area contributed by atoms with E-state index in [0.29, 0.717) is 11.3 Å². The molecule has 0 aromatic heterocycles. The number of fused-ring (bicyclic) bond motifs is 1. The molecule has 3 aromatic carbocycles. The maximum absolute atomic E-state index is 14.3. The predicted octanol–water partition coefficient (Wildman–Crippen LogP) is 7.34. The van der Waals surface area contributed by atoms with E-state index in [1.54, 1.807) is 18.2 Å². The molecule has 0 aliphatic heterocycles. The molecule has 1 aliphatic rings. The predicted molar refractivity (Wildman–Crippen MR) is 109 cm³/mol. The first-order valence-electron chi connectivity index (χ1n) is 10.0. The topological polar surface area (TPSA) is 23.8 Å². The smallest absolute Gasteiger partial charge is 0.151 e. The molecule has 3 aromatic rings. The van der Waals surface area contributed by atoms with Gasteiger partial charge in [0.05, 0.1) is 0 Å². The Kier molecular flexibility index (Phi) is 5.13. The van der Waals surface area contributed by atoms with Crippen LogP contribution < -0.4 is 0 Å². The summed E-state index contributed by atoms with van der Waals surface area (Å²) < 4.78 is 28.3. The highest BCUT2D eigenvalue weighted by atomic mass is 19.1. The van der Waals surface area contributed by atoms with Gasteiger partial charge in [0.25, 0.3) is 0 Å². The first-order valence-corrected chi connectivity index (χ1v) is 10.0. The summed E-state index contributed by atoms with van der Waals surface area (Å²) in [5, 5.41) is 9.66. The van der Waals surface area contributed by atoms with Crippen LogP contribution in [0.15, 0.2) is 48.5 Å². The Morgan fingerprint density at radius 2 is 1.61 bits per heavy atom. The number of rotatable bonds is 3. The standard InChI is InChI=1S/C25H23F2N/c1-2-16-3-5-17(6-4-16)18-7-9-19(10-8-18)20-11-12-22-21(13-20)14-24(26)23(15-28)25(22)27/h7-14,16-17H,2-6H2,1H3. The van der Waals surface area contributed by atoms with Crippen molar-refractivity contribution in [3.05, 3.63) is 71.3 Å². The van der Waals surface area contributed by atoms with E-state index in [-0.39, 0.29) is 5.39 Å². The molecule has 0 radical (unpaired) electrons. The third-order valence-electron chi connectivity index (χ3n) is 6.28. The quantitative estimate of drug-likeness (QED) is 0.470. The molecule has 4 rings (SSSR count). The van der Waals surface area contributed by atoms with Crippen molar-refractivity contribution in [1.29, 1.82) is 5.26 Å². The van der Waals surface area contributed by atoms with Crippen molar-refractivity contribution in [1.82, 2.24) is 0 Å². The summed E-state index contributed by atoms with van der Waals surface area (Å²) in [6.45, 7) is 2.28. The highest BCUT2D eigenvalue weighted by molar-refractivity contribution is 5.89. The summed E-state index contributed by atoms with van der Waals surface area (Å²) in [7, 11) is 0. The molecule has 0 heterocycles. The Labute approximate surface area is 164 Å². The summed E-state index contributed by atoms with van der Waals surface area (Å²) in [4.78, 5) is 0. The molecule has 142 valence electrons. The fourth-order valence-electron chi connectivity index (χ4n) is 4.46. The maximum atomic E-state index is 14.3. The molecule has 0 N–H and O–H groups in total. The number of hydrogen-bond donors (Lipinski definition) is 0. The fourth-order valence-corrected chi connectivity index (χ4v) is 4.46. The lowest BCUT2D eigenvalue weighted by atomic mass is 9.77. The number of nitrogens with zero attached hydrogens (tertiary/aromatic N) is 1. The normalized spacial score (nSPS) is 19.5. The zero-order valence-electron chi connectivity index (χ0n) is 16.0. The van der Waals surface area contributed by atoms with Gasteiger partial charge in [0.2, 0.25) is 0 Å². The van der Waals surface area contributed by atoms with Crippen molar-refractivity contribution >= 4 is 10.8 Å². The Morgan fingerprint density at radius 3 is 2.25 bits per heavy atom. The minimum absolute atomic E-state index is 0.269. The van der Waals surface area contributed by atoms with E-state index in [1.165, 1.54) is 43.7 Å². The maximum Gasteiger partial charge on any atom is 0.151 e. The van der Waals surface area contributed by atoms with E-state index < -0.39 is 17.2 Å². The molecule has 0 amide bonds. The highest BCUT2D eigenvalue weighted by Crippen LogP contribution is 2.37. The zero-order chi connectivity index (χ0) is 19.7. The van der Waals surface area contributed by atoms with Gasteiger partial charge in [0.15, 0.2) is 5.82 Å². The van der Waals surface area contributed by atoms with E-state index in [4.69, 9.17) is 5.26 Å². The largest absolute Gasteiger partial charge is 0.205 e. The van der Waals surface area contributed by atoms with Gasteiger partial charge in [-0.15, -0.1) is 0 Å². The monoisotopic (exact) mass is 375 g/mol. The average molecular weight is 375 g/mol. The Morgan fingerprint density at radius 1 is 0.929 bits per heavy atom. The van der Waals surface area contributed by atoms with Crippen LogP contribution in [0.5, 0.6) is 0 Å². The first-order chi connectivity index (χ1) is 13.6. The molecule has 0 unspecified atom stereocenters. The molecule has 1 nitrogen and oxygen atoms in total. The van der Waals surface area contributed by atoms with Crippen LogP contribution in [0.3, 0.4) is 0 Å². The summed E-state index contributed by atoms with van der Waals surface area (Å²) in [6, 6.07) is 16.6. The molecular weight excluding hydrogens is 352 g/mol. The van der Waals surface area contributed by atoms with Crippen molar-refractivity contribution in [3.63, 3.8) is 0 Å². The first kappa shape index (κ1) is 18.6. The van der Waals surface area contributed by atoms with Crippen LogP contribution in [0, 0.1) is 28.9 Å². The molecule has 28 heavy (non-hydrogen) atoms. The zero-order valence-corrected chi connectivity index (χ0v) is 16.0. The molecule has 0 atom stereocenters. The minimum Gasteiger partial charge on any atom is -0.205 e. The van der Waals surface area contributed by atoms with Crippen molar-refractivity contribution in [3.8, 4) is 17.2 Å². The van der Waals surface area contributed by atoms with Crippen LogP contribution in [0.2, 0.25) is 0 Å². The van der Waals surface area contributed by atoms with Crippen LogP contribution in [-0.4, -0.2) is 0 Å². The number of hydrogen-bond acceptors (Lipinski definition) is 1. The molecule has 0 bridgehead atoms. The molecular formula is C25H23F2N. The Bertz CT molecular complexity index is 1040. The Hall–Kier alpha value is -2.73. The second kappa shape index (κ2) is 7.72. The van der Waals surface area contributed by atoms with Gasteiger partial charge in [-0.05, 0) is 71.7 Å². The van der Waals surface area contributed by atoms with Gasteiger partial charge in [0.1, 0.15) is 17.4 Å². The SMILES string of the molecule is CCC1CCC(c2ccc(-c3ccc4c(F)c(C#N)c(F)cc4c3)cc2)CC1. The lowest BCUT2D eigenvalue weighted by molar-refractivity contribution is 0.319. The van der Waals surface area contributed by atoms with Gasteiger partial charge in [-0.3, -0.25) is 0 Å². The number of nitriles is 1. The van der Waals surface area contributed by atoms with Gasteiger partial charge < -0.3 is 0 Å². The summed E-state index contributed by atoms with van der Waals surface area (Å²) in [5.41, 5.74) is 2.80. The second-order valence-corrected chi connectivity index (χ2v) is 7.84. The van der Waals surface area contributed by atoms with Crippen LogP contribution in [0.25, 0.3) is 21.9 Å². The summed E-state index contributed by atoms with van der Waals surface area (Å²) in [5.74, 6) is -0.0822. The van der Waals surface area contributed by atoms with Gasteiger partial charge >= 0.3 is 0 Å². The van der Waals surface area contributed by atoms with Crippen LogP contribution >= 0.6 is 0 Å². The Balaban J connectivity index is 1.61. The van der Waals surface area contributed by atoms with Crippen LogP contribution in [0.4, 0.5) is 8.78 Å². The van der Waals surface area contributed by atoms with Crippen molar-refractivity contribution < 1.29 is 8.78 Å².